The second-order valence-electron chi connectivity index (χ2n) is 3.98. The Hall–Kier alpha value is -1.60. The van der Waals surface area contributed by atoms with Crippen LogP contribution in [0.4, 0.5) is 13.2 Å². The van der Waals surface area contributed by atoms with Crippen molar-refractivity contribution in [3.63, 3.8) is 0 Å². The van der Waals surface area contributed by atoms with E-state index in [1.165, 1.54) is 11.3 Å². The number of hydrogen-bond donors (Lipinski definition) is 1. The van der Waals surface area contributed by atoms with Gasteiger partial charge in [-0.2, -0.15) is 24.5 Å². The molecule has 0 saturated carbocycles. The lowest BCUT2D eigenvalue weighted by atomic mass is 9.96. The maximum atomic E-state index is 12.5. The molecule has 0 aromatic carbocycles. The van der Waals surface area contributed by atoms with Crippen molar-refractivity contribution in [3.8, 4) is 0 Å². The third kappa shape index (κ3) is 2.94. The van der Waals surface area contributed by atoms with E-state index in [4.69, 9.17) is 17.3 Å². The number of thiophene rings is 1. The summed E-state index contributed by atoms with van der Waals surface area (Å²) in [4.78, 5) is 15.2. The molecule has 1 amide bonds. The van der Waals surface area contributed by atoms with Gasteiger partial charge in [0.2, 0.25) is 5.91 Å². The van der Waals surface area contributed by atoms with Crippen molar-refractivity contribution in [2.75, 3.05) is 0 Å². The summed E-state index contributed by atoms with van der Waals surface area (Å²) in [5.74, 6) is -1.69. The first-order valence-electron chi connectivity index (χ1n) is 5.34. The summed E-state index contributed by atoms with van der Waals surface area (Å²) in [6.45, 7) is 0. The highest BCUT2D eigenvalue weighted by molar-refractivity contribution is 7.08. The van der Waals surface area contributed by atoms with Crippen LogP contribution in [-0.4, -0.2) is 10.9 Å². The Bertz CT molecular complexity index is 628. The lowest BCUT2D eigenvalue weighted by molar-refractivity contribution is -0.137. The third-order valence-electron chi connectivity index (χ3n) is 2.63. The van der Waals surface area contributed by atoms with Crippen LogP contribution in [0.5, 0.6) is 0 Å². The molecule has 0 aliphatic heterocycles. The molecular formula is C12H8ClF3N2OS. The monoisotopic (exact) mass is 320 g/mol. The Kier molecular flexibility index (Phi) is 4.01. The minimum absolute atomic E-state index is 0.0190. The minimum Gasteiger partial charge on any atom is -0.369 e. The number of carbonyl (C=O) groups excluding carboxylic acids is 1. The Morgan fingerprint density at radius 2 is 2.15 bits per heavy atom. The van der Waals surface area contributed by atoms with Crippen molar-refractivity contribution in [3.05, 3.63) is 50.9 Å². The smallest absolute Gasteiger partial charge is 0.369 e. The summed E-state index contributed by atoms with van der Waals surface area (Å²) >= 11 is 7.16. The second-order valence-corrected chi connectivity index (χ2v) is 5.17. The average molecular weight is 321 g/mol. The molecular weight excluding hydrogens is 313 g/mol. The van der Waals surface area contributed by atoms with Crippen molar-refractivity contribution in [1.29, 1.82) is 0 Å². The van der Waals surface area contributed by atoms with Gasteiger partial charge in [0.1, 0.15) is 5.92 Å². The van der Waals surface area contributed by atoms with E-state index in [9.17, 15) is 18.0 Å². The van der Waals surface area contributed by atoms with E-state index in [1.54, 1.807) is 16.8 Å². The number of rotatable bonds is 3. The normalized spacial score (nSPS) is 13.2. The predicted molar refractivity (Wildman–Crippen MR) is 69.6 cm³/mol. The van der Waals surface area contributed by atoms with Crippen molar-refractivity contribution in [2.24, 2.45) is 5.73 Å². The molecule has 2 N–H and O–H groups in total. The maximum Gasteiger partial charge on any atom is 0.417 e. The number of carbonyl (C=O) groups is 1. The molecule has 0 aliphatic carbocycles. The Balaban J connectivity index is 2.48. The zero-order valence-electron chi connectivity index (χ0n) is 9.82. The fourth-order valence-corrected chi connectivity index (χ4v) is 2.67. The van der Waals surface area contributed by atoms with Gasteiger partial charge in [-0.15, -0.1) is 0 Å². The first-order chi connectivity index (χ1) is 9.30. The van der Waals surface area contributed by atoms with E-state index in [0.717, 1.165) is 6.07 Å². The summed E-state index contributed by atoms with van der Waals surface area (Å²) < 4.78 is 37.6. The number of hydrogen-bond acceptors (Lipinski definition) is 3. The predicted octanol–water partition coefficient (Wildman–Crippen LogP) is 3.43. The number of nitrogens with zero attached hydrogens (tertiary/aromatic N) is 1. The van der Waals surface area contributed by atoms with Gasteiger partial charge in [0.15, 0.2) is 0 Å². The number of halogens is 4. The van der Waals surface area contributed by atoms with Crippen molar-refractivity contribution >= 4 is 28.8 Å². The fourth-order valence-electron chi connectivity index (χ4n) is 1.71. The van der Waals surface area contributed by atoms with Gasteiger partial charge in [-0.05, 0) is 28.5 Å². The topological polar surface area (TPSA) is 56.0 Å². The standard InChI is InChI=1S/C12H8ClF3N2OS/c13-8-3-7(12(14,15)16)4-18-10(8)9(11(17)19)6-1-2-20-5-6/h1-5,9H,(H2,17,19)/t9-/m1/s1. The number of aromatic nitrogens is 1. The van der Waals surface area contributed by atoms with E-state index in [0.29, 0.717) is 11.8 Å². The molecule has 1 atom stereocenters. The number of nitrogens with two attached hydrogens (primary N) is 1. The first-order valence-corrected chi connectivity index (χ1v) is 6.67. The third-order valence-corrected chi connectivity index (χ3v) is 3.64. The van der Waals surface area contributed by atoms with E-state index in [1.807, 2.05) is 0 Å². The van der Waals surface area contributed by atoms with Crippen LogP contribution in [0.1, 0.15) is 22.7 Å². The van der Waals surface area contributed by atoms with Gasteiger partial charge in [0.05, 0.1) is 16.3 Å². The molecule has 0 spiro atoms. The van der Waals surface area contributed by atoms with E-state index >= 15 is 0 Å². The van der Waals surface area contributed by atoms with Crippen LogP contribution in [-0.2, 0) is 11.0 Å². The molecule has 2 heterocycles. The molecule has 0 fully saturated rings. The van der Waals surface area contributed by atoms with Crippen LogP contribution < -0.4 is 5.73 Å². The molecule has 2 aromatic heterocycles. The molecule has 0 bridgehead atoms. The molecule has 106 valence electrons. The molecule has 8 heteroatoms. The summed E-state index contributed by atoms with van der Waals surface area (Å²) in [5.41, 5.74) is 4.90. The molecule has 2 aromatic rings. The zero-order chi connectivity index (χ0) is 14.9. The van der Waals surface area contributed by atoms with Crippen LogP contribution in [0.25, 0.3) is 0 Å². The van der Waals surface area contributed by atoms with Gasteiger partial charge >= 0.3 is 6.18 Å². The Morgan fingerprint density at radius 1 is 1.45 bits per heavy atom. The first kappa shape index (κ1) is 14.8. The number of alkyl halides is 3. The Labute approximate surface area is 121 Å². The van der Waals surface area contributed by atoms with E-state index in [-0.39, 0.29) is 10.7 Å². The summed E-state index contributed by atoms with van der Waals surface area (Å²) in [7, 11) is 0. The largest absolute Gasteiger partial charge is 0.417 e. The van der Waals surface area contributed by atoms with Crippen LogP contribution in [0.3, 0.4) is 0 Å². The SMILES string of the molecule is NC(=O)[C@H](c1ccsc1)c1ncc(C(F)(F)F)cc1Cl. The highest BCUT2D eigenvalue weighted by atomic mass is 35.5. The quantitative estimate of drug-likeness (QED) is 0.942. The van der Waals surface area contributed by atoms with Gasteiger partial charge in [-0.1, -0.05) is 11.6 Å². The van der Waals surface area contributed by atoms with Gasteiger partial charge in [-0.25, -0.2) is 0 Å². The fraction of sp³-hybridized carbons (Fsp3) is 0.167. The zero-order valence-corrected chi connectivity index (χ0v) is 11.4. The molecule has 0 unspecified atom stereocenters. The summed E-state index contributed by atoms with van der Waals surface area (Å²) in [5, 5.41) is 3.16. The van der Waals surface area contributed by atoms with Crippen LogP contribution in [0.15, 0.2) is 29.1 Å². The highest BCUT2D eigenvalue weighted by Gasteiger charge is 2.33. The number of pyridine rings is 1. The van der Waals surface area contributed by atoms with Crippen molar-refractivity contribution in [1.82, 2.24) is 4.98 Å². The number of amides is 1. The number of primary amides is 1. The van der Waals surface area contributed by atoms with Gasteiger partial charge in [-0.3, -0.25) is 9.78 Å². The molecule has 0 radical (unpaired) electrons. The highest BCUT2D eigenvalue weighted by Crippen LogP contribution is 2.35. The molecule has 0 saturated heterocycles. The van der Waals surface area contributed by atoms with E-state index < -0.39 is 23.6 Å². The second kappa shape index (κ2) is 5.41. The minimum atomic E-state index is -4.54. The molecule has 20 heavy (non-hydrogen) atoms. The molecule has 3 nitrogen and oxygen atoms in total. The summed E-state index contributed by atoms with van der Waals surface area (Å²) in [6, 6.07) is 2.39. The van der Waals surface area contributed by atoms with Gasteiger partial charge in [0, 0.05) is 6.20 Å². The lowest BCUT2D eigenvalue weighted by Crippen LogP contribution is -2.23. The summed E-state index contributed by atoms with van der Waals surface area (Å²) in [6.07, 6.45) is -3.90. The molecule has 2 rings (SSSR count). The maximum absolute atomic E-state index is 12.5. The van der Waals surface area contributed by atoms with Gasteiger partial charge < -0.3 is 5.73 Å². The van der Waals surface area contributed by atoms with Crippen LogP contribution >= 0.6 is 22.9 Å². The van der Waals surface area contributed by atoms with Gasteiger partial charge in [0.25, 0.3) is 0 Å². The molecule has 0 aliphatic rings. The van der Waals surface area contributed by atoms with Crippen molar-refractivity contribution < 1.29 is 18.0 Å². The average Bonchev–Trinajstić information content (AvgIpc) is 2.83. The van der Waals surface area contributed by atoms with Crippen LogP contribution in [0, 0.1) is 0 Å². The van der Waals surface area contributed by atoms with Crippen LogP contribution in [0.2, 0.25) is 5.02 Å². The van der Waals surface area contributed by atoms with Crippen molar-refractivity contribution in [2.45, 2.75) is 12.1 Å². The van der Waals surface area contributed by atoms with E-state index in [2.05, 4.69) is 4.98 Å². The lowest BCUT2D eigenvalue weighted by Gasteiger charge is -2.14. The Morgan fingerprint density at radius 3 is 2.60 bits per heavy atom.